The molecule has 3 aromatic rings. The number of aliphatic carboxylic acids is 1. The van der Waals surface area contributed by atoms with E-state index in [1.54, 1.807) is 0 Å². The predicted octanol–water partition coefficient (Wildman–Crippen LogP) is 10.6. The minimum atomic E-state index is -2.56. The Labute approximate surface area is 311 Å². The van der Waals surface area contributed by atoms with Crippen LogP contribution in [0.2, 0.25) is 0 Å². The molecule has 9 nitrogen and oxygen atoms in total. The summed E-state index contributed by atoms with van der Waals surface area (Å²) in [6.45, 7) is 17.7. The molecule has 0 bridgehead atoms. The van der Waals surface area contributed by atoms with E-state index in [0.717, 1.165) is 76.0 Å². The molecule has 4 rings (SSSR count). The highest BCUT2D eigenvalue weighted by Gasteiger charge is 2.34. The van der Waals surface area contributed by atoms with Crippen LogP contribution >= 0.6 is 11.3 Å². The largest absolute Gasteiger partial charge is 0.481 e. The number of anilines is 1. The first-order valence-corrected chi connectivity index (χ1v) is 19.1. The number of piperidine rings is 1. The molecule has 0 spiro atoms. The number of amides is 2. The summed E-state index contributed by atoms with van der Waals surface area (Å²) in [6, 6.07) is 7.78. The third-order valence-corrected chi connectivity index (χ3v) is 10.0. The molecule has 0 radical (unpaired) electrons. The van der Waals surface area contributed by atoms with Crippen molar-refractivity contribution >= 4 is 50.0 Å². The summed E-state index contributed by atoms with van der Waals surface area (Å²) in [7, 11) is 0. The Hall–Kier alpha value is -4.03. The molecule has 1 aliphatic heterocycles. The number of carbonyl (C=O) groups excluding carboxylic acids is 1. The molecule has 3 N–H and O–H groups in total. The van der Waals surface area contributed by atoms with Crippen LogP contribution in [-0.4, -0.2) is 63.2 Å². The van der Waals surface area contributed by atoms with Crippen molar-refractivity contribution in [2.45, 2.75) is 113 Å². The summed E-state index contributed by atoms with van der Waals surface area (Å²) in [5.41, 5.74) is 6.98. The number of carbonyl (C=O) groups is 2. The molecule has 1 saturated heterocycles. The third kappa shape index (κ3) is 12.6. The van der Waals surface area contributed by atoms with Crippen molar-refractivity contribution in [2.75, 3.05) is 25.0 Å². The smallest absolute Gasteiger partial charge is 0.321 e. The summed E-state index contributed by atoms with van der Waals surface area (Å²) < 4.78 is 28.1. The maximum Gasteiger partial charge on any atom is 0.321 e. The molecule has 0 aliphatic carbocycles. The average molecular weight is 739 g/mol. The molecule has 2 amide bonds. The van der Waals surface area contributed by atoms with E-state index >= 15 is 0 Å². The molecule has 2 aromatic heterocycles. The van der Waals surface area contributed by atoms with Crippen LogP contribution in [0, 0.1) is 5.41 Å². The Morgan fingerprint density at radius 3 is 2.29 bits per heavy atom. The zero-order chi connectivity index (χ0) is 38.5. The fourth-order valence-corrected chi connectivity index (χ4v) is 6.89. The molecular formula is C40H56F2N6O3S. The van der Waals surface area contributed by atoms with Gasteiger partial charge in [-0.25, -0.2) is 18.6 Å². The zero-order valence-electron chi connectivity index (χ0n) is 32.0. The normalized spacial score (nSPS) is 15.1. The monoisotopic (exact) mass is 738 g/mol. The highest BCUT2D eigenvalue weighted by atomic mass is 32.1. The average Bonchev–Trinajstić information content (AvgIpc) is 3.50. The Morgan fingerprint density at radius 2 is 1.75 bits per heavy atom. The number of halogens is 2. The SMILES string of the molecule is CCCC(C)(CCC)C(=O)O.CCNC(=O)Nc1nc2cc(C(/C=C(/C)CC)=C/N=C(C)C)cc(-c3ccc(CN4CCC(F)(F)CC4)cn3)c2s1. The van der Waals surface area contributed by atoms with E-state index in [1.807, 2.05) is 77.0 Å². The van der Waals surface area contributed by atoms with Gasteiger partial charge < -0.3 is 10.4 Å². The van der Waals surface area contributed by atoms with Crippen molar-refractivity contribution in [3.8, 4) is 11.3 Å². The predicted molar refractivity (Wildman–Crippen MR) is 211 cm³/mol. The second-order valence-electron chi connectivity index (χ2n) is 13.9. The number of alkyl halides is 2. The lowest BCUT2D eigenvalue weighted by atomic mass is 9.81. The number of carboxylic acid groups (broad SMARTS) is 1. The highest BCUT2D eigenvalue weighted by molar-refractivity contribution is 7.22. The minimum Gasteiger partial charge on any atom is -0.481 e. The lowest BCUT2D eigenvalue weighted by molar-refractivity contribution is -0.148. The van der Waals surface area contributed by atoms with E-state index in [2.05, 4.69) is 41.6 Å². The van der Waals surface area contributed by atoms with Crippen LogP contribution in [0.25, 0.3) is 27.0 Å². The first kappa shape index (κ1) is 42.4. The van der Waals surface area contributed by atoms with Gasteiger partial charge in [0, 0.05) is 62.7 Å². The number of nitrogens with one attached hydrogen (secondary N) is 2. The molecule has 1 aliphatic rings. The van der Waals surface area contributed by atoms with Gasteiger partial charge in [0.25, 0.3) is 5.92 Å². The first-order valence-electron chi connectivity index (χ1n) is 18.3. The van der Waals surface area contributed by atoms with Crippen molar-refractivity contribution in [1.29, 1.82) is 0 Å². The lowest BCUT2D eigenvalue weighted by Gasteiger charge is -2.31. The zero-order valence-corrected chi connectivity index (χ0v) is 32.9. The number of likely N-dealkylation sites (tertiary alicyclic amines) is 1. The second kappa shape index (κ2) is 19.7. The van der Waals surface area contributed by atoms with Crippen LogP contribution in [-0.2, 0) is 11.3 Å². The minimum absolute atomic E-state index is 0.106. The van der Waals surface area contributed by atoms with Gasteiger partial charge in [-0.2, -0.15) is 0 Å². The summed E-state index contributed by atoms with van der Waals surface area (Å²) >= 11 is 1.40. The maximum atomic E-state index is 13.6. The number of hydrogen-bond acceptors (Lipinski definition) is 7. The topological polar surface area (TPSA) is 120 Å². The van der Waals surface area contributed by atoms with Crippen molar-refractivity contribution in [2.24, 2.45) is 10.4 Å². The van der Waals surface area contributed by atoms with Gasteiger partial charge in [-0.3, -0.25) is 25.0 Å². The van der Waals surface area contributed by atoms with Crippen LogP contribution in [0.4, 0.5) is 18.7 Å². The van der Waals surface area contributed by atoms with Crippen molar-refractivity contribution in [3.05, 3.63) is 59.4 Å². The quantitative estimate of drug-likeness (QED) is 0.112. The van der Waals surface area contributed by atoms with Crippen LogP contribution in [0.15, 0.2) is 53.3 Å². The number of allylic oxidation sites excluding steroid dienone is 3. The van der Waals surface area contributed by atoms with Gasteiger partial charge in [-0.15, -0.1) is 0 Å². The van der Waals surface area contributed by atoms with E-state index in [-0.39, 0.29) is 18.9 Å². The molecule has 0 unspecified atom stereocenters. The standard InChI is InChI=1S/C31H38F2N6OS.C9H18O2/c1-6-21(5)14-24(18-35-20(3)4)23-15-25(28-27(16-23)37-30(41-28)38-29(40)34-7-2)26-9-8-22(17-36-26)19-39-12-10-31(32,33)11-13-39;1-4-6-9(3,7-5-2)8(10)11/h8-9,14-18H,6-7,10-13,19H2,1-5H3,(H2,34,37,38,40);4-7H2,1-3H3,(H,10,11)/b21-14-,24-18+;. The van der Waals surface area contributed by atoms with Crippen LogP contribution in [0.3, 0.4) is 0 Å². The number of rotatable bonds is 14. The summed E-state index contributed by atoms with van der Waals surface area (Å²) in [5, 5.41) is 15.0. The van der Waals surface area contributed by atoms with Crippen molar-refractivity contribution in [3.63, 3.8) is 0 Å². The molecule has 0 saturated carbocycles. The number of aromatic nitrogens is 2. The number of pyridine rings is 1. The van der Waals surface area contributed by atoms with E-state index in [4.69, 9.17) is 15.1 Å². The van der Waals surface area contributed by atoms with Gasteiger partial charge in [0.05, 0.1) is 21.3 Å². The Balaban J connectivity index is 0.000000573. The lowest BCUT2D eigenvalue weighted by Crippen LogP contribution is -2.38. The number of benzene rings is 1. The van der Waals surface area contributed by atoms with Crippen molar-refractivity contribution < 1.29 is 23.5 Å². The van der Waals surface area contributed by atoms with Gasteiger partial charge in [0.1, 0.15) is 0 Å². The van der Waals surface area contributed by atoms with Crippen LogP contribution in [0.1, 0.15) is 111 Å². The molecule has 0 atom stereocenters. The summed E-state index contributed by atoms with van der Waals surface area (Å²) in [4.78, 5) is 39.2. The number of aliphatic imine (C=N–C) groups is 1. The number of carboxylic acids is 1. The molecule has 12 heteroatoms. The number of hydrogen-bond donors (Lipinski definition) is 3. The number of urea groups is 1. The Kier molecular flexibility index (Phi) is 16.1. The second-order valence-corrected chi connectivity index (χ2v) is 14.9. The highest BCUT2D eigenvalue weighted by Crippen LogP contribution is 2.38. The summed E-state index contributed by atoms with van der Waals surface area (Å²) in [5.74, 6) is -3.21. The fourth-order valence-electron chi connectivity index (χ4n) is 5.92. The van der Waals surface area contributed by atoms with Gasteiger partial charge >= 0.3 is 12.0 Å². The summed E-state index contributed by atoms with van der Waals surface area (Å²) in [6.07, 6.45) is 10.00. The molecule has 284 valence electrons. The van der Waals surface area contributed by atoms with Gasteiger partial charge in [0.15, 0.2) is 5.13 Å². The van der Waals surface area contributed by atoms with Crippen LogP contribution in [0.5, 0.6) is 0 Å². The van der Waals surface area contributed by atoms with E-state index in [9.17, 15) is 18.4 Å². The van der Waals surface area contributed by atoms with E-state index < -0.39 is 17.3 Å². The maximum absolute atomic E-state index is 13.6. The van der Waals surface area contributed by atoms with E-state index in [0.29, 0.717) is 31.3 Å². The van der Waals surface area contributed by atoms with Crippen LogP contribution < -0.4 is 10.6 Å². The fraction of sp³-hybridized carbons (Fsp3) is 0.525. The number of fused-ring (bicyclic) bond motifs is 1. The Bertz CT molecular complexity index is 1730. The van der Waals surface area contributed by atoms with Gasteiger partial charge in [0.2, 0.25) is 0 Å². The molecule has 3 heterocycles. The molecule has 1 aromatic carbocycles. The molecule has 52 heavy (non-hydrogen) atoms. The molecule has 1 fully saturated rings. The van der Waals surface area contributed by atoms with E-state index in [1.165, 1.54) is 16.9 Å². The molecular weight excluding hydrogens is 683 g/mol. The number of nitrogens with zero attached hydrogens (tertiary/aromatic N) is 4. The van der Waals surface area contributed by atoms with Gasteiger partial charge in [-0.1, -0.05) is 62.7 Å². The van der Waals surface area contributed by atoms with Gasteiger partial charge in [-0.05, 0) is 88.8 Å². The van der Waals surface area contributed by atoms with Crippen molar-refractivity contribution in [1.82, 2.24) is 20.2 Å². The third-order valence-electron chi connectivity index (χ3n) is 9.02. The first-order chi connectivity index (χ1) is 24.6. The Morgan fingerprint density at radius 1 is 1.08 bits per heavy atom. The number of thiazole rings is 1.